The van der Waals surface area contributed by atoms with E-state index in [1.807, 2.05) is 31.2 Å². The van der Waals surface area contributed by atoms with E-state index in [1.54, 1.807) is 17.5 Å². The van der Waals surface area contributed by atoms with Gasteiger partial charge in [0, 0.05) is 41.0 Å². The predicted molar refractivity (Wildman–Crippen MR) is 136 cm³/mol. The predicted octanol–water partition coefficient (Wildman–Crippen LogP) is 5.65. The van der Waals surface area contributed by atoms with Crippen molar-refractivity contribution in [3.8, 4) is 22.3 Å². The van der Waals surface area contributed by atoms with Crippen molar-refractivity contribution in [3.63, 3.8) is 0 Å². The number of hydrogen-bond donors (Lipinski definition) is 2. The minimum atomic E-state index is 0.0992. The highest BCUT2D eigenvalue weighted by Gasteiger charge is 2.14. The van der Waals surface area contributed by atoms with Gasteiger partial charge in [-0.05, 0) is 53.7 Å². The Morgan fingerprint density at radius 2 is 1.91 bits per heavy atom. The fourth-order valence-corrected chi connectivity index (χ4v) is 4.99. The highest BCUT2D eigenvalue weighted by Crippen LogP contribution is 2.34. The van der Waals surface area contributed by atoms with Gasteiger partial charge in [-0.25, -0.2) is 0 Å². The summed E-state index contributed by atoms with van der Waals surface area (Å²) in [6.07, 6.45) is 5.70. The van der Waals surface area contributed by atoms with Gasteiger partial charge in [-0.15, -0.1) is 16.4 Å². The van der Waals surface area contributed by atoms with Crippen LogP contribution in [0.25, 0.3) is 33.0 Å². The van der Waals surface area contributed by atoms with E-state index in [2.05, 4.69) is 86.8 Å². The molecule has 0 amide bonds. The number of rotatable bonds is 7. The quantitative estimate of drug-likeness (QED) is 0.333. The molecule has 0 aliphatic rings. The lowest BCUT2D eigenvalue weighted by atomic mass is 10.0. The molecule has 0 saturated heterocycles. The Bertz CT molecular complexity index is 1400. The summed E-state index contributed by atoms with van der Waals surface area (Å²) in [5.41, 5.74) is 6.01. The first kappa shape index (κ1) is 21.3. The zero-order valence-electron chi connectivity index (χ0n) is 18.9. The lowest BCUT2D eigenvalue weighted by Gasteiger charge is -2.14. The van der Waals surface area contributed by atoms with Crippen LogP contribution in [0.3, 0.4) is 0 Å². The van der Waals surface area contributed by atoms with E-state index in [0.29, 0.717) is 0 Å². The smallest absolute Gasteiger partial charge is 0.157 e. The van der Waals surface area contributed by atoms with Crippen molar-refractivity contribution in [3.05, 3.63) is 82.9 Å². The molecule has 0 radical (unpaired) electrons. The lowest BCUT2D eigenvalue weighted by Crippen LogP contribution is -2.08. The maximum absolute atomic E-state index is 4.43. The normalized spacial score (nSPS) is 12.2. The zero-order valence-corrected chi connectivity index (χ0v) is 19.7. The van der Waals surface area contributed by atoms with Gasteiger partial charge < -0.3 is 10.6 Å². The van der Waals surface area contributed by atoms with Crippen molar-refractivity contribution >= 4 is 27.9 Å². The molecule has 1 atom stereocenters. The van der Waals surface area contributed by atoms with Crippen molar-refractivity contribution < 1.29 is 0 Å². The van der Waals surface area contributed by atoms with Gasteiger partial charge in [0.05, 0.1) is 18.4 Å². The largest absolute Gasteiger partial charge is 0.361 e. The van der Waals surface area contributed by atoms with Crippen LogP contribution in [0, 0.1) is 0 Å². The molecule has 2 N–H and O–H groups in total. The van der Waals surface area contributed by atoms with Crippen molar-refractivity contribution in [2.45, 2.75) is 19.5 Å². The third-order valence-electron chi connectivity index (χ3n) is 5.80. The molecule has 33 heavy (non-hydrogen) atoms. The Labute approximate surface area is 197 Å². The molecule has 3 aromatic heterocycles. The van der Waals surface area contributed by atoms with Gasteiger partial charge in [-0.3, -0.25) is 4.68 Å². The van der Waals surface area contributed by atoms with Gasteiger partial charge in [-0.2, -0.15) is 10.2 Å². The molecule has 0 bridgehead atoms. The van der Waals surface area contributed by atoms with Crippen LogP contribution in [-0.2, 0) is 13.6 Å². The zero-order chi connectivity index (χ0) is 22.8. The Morgan fingerprint density at radius 3 is 2.73 bits per heavy atom. The van der Waals surface area contributed by atoms with E-state index in [0.717, 1.165) is 34.3 Å². The number of thiophene rings is 1. The number of aromatic nitrogens is 4. The minimum Gasteiger partial charge on any atom is -0.361 e. The number of fused-ring (bicyclic) bond motifs is 1. The second kappa shape index (κ2) is 9.13. The number of nitrogens with one attached hydrogen (secondary N) is 2. The average Bonchev–Trinajstić information content (AvgIpc) is 3.49. The third kappa shape index (κ3) is 4.37. The van der Waals surface area contributed by atoms with Crippen LogP contribution in [0.4, 0.5) is 5.82 Å². The molecule has 5 aromatic rings. The van der Waals surface area contributed by atoms with Crippen LogP contribution in [0.5, 0.6) is 0 Å². The molecule has 0 aliphatic heterocycles. The Kier molecular flexibility index (Phi) is 5.90. The van der Waals surface area contributed by atoms with Crippen LogP contribution < -0.4 is 10.6 Å². The molecule has 166 valence electrons. The number of benzene rings is 2. The van der Waals surface area contributed by atoms with Crippen molar-refractivity contribution in [2.24, 2.45) is 7.05 Å². The standard InChI is InChI=1S/C26H26N6S/c1-17(25-11-21(16-33-25)23-7-5-4-6-19(23)12-27-2)30-26-24-10-18(22-14-29-32(3)15-22)8-9-20(24)13-28-31-26/h4-11,13-17,27H,12H2,1-3H3,(H,30,31). The maximum atomic E-state index is 4.43. The summed E-state index contributed by atoms with van der Waals surface area (Å²) in [6, 6.07) is 17.3. The van der Waals surface area contributed by atoms with E-state index in [1.165, 1.54) is 21.6 Å². The van der Waals surface area contributed by atoms with Crippen LogP contribution >= 0.6 is 11.3 Å². The topological polar surface area (TPSA) is 67.7 Å². The second-order valence-corrected chi connectivity index (χ2v) is 9.13. The van der Waals surface area contributed by atoms with E-state index >= 15 is 0 Å². The van der Waals surface area contributed by atoms with Crippen LogP contribution in [-0.4, -0.2) is 27.0 Å². The SMILES string of the molecule is CNCc1ccccc1-c1csc(C(C)Nc2nncc3ccc(-c4cnn(C)c4)cc23)c1. The molecule has 0 saturated carbocycles. The van der Waals surface area contributed by atoms with Crippen molar-refractivity contribution in [2.75, 3.05) is 12.4 Å². The van der Waals surface area contributed by atoms with Crippen LogP contribution in [0.2, 0.25) is 0 Å². The van der Waals surface area contributed by atoms with Gasteiger partial charge >= 0.3 is 0 Å². The van der Waals surface area contributed by atoms with E-state index in [-0.39, 0.29) is 6.04 Å². The molecule has 3 heterocycles. The lowest BCUT2D eigenvalue weighted by molar-refractivity contribution is 0.768. The Morgan fingerprint density at radius 1 is 1.03 bits per heavy atom. The Hall–Kier alpha value is -3.55. The van der Waals surface area contributed by atoms with E-state index in [4.69, 9.17) is 0 Å². The van der Waals surface area contributed by atoms with E-state index < -0.39 is 0 Å². The molecule has 7 heteroatoms. The first-order chi connectivity index (χ1) is 16.1. The van der Waals surface area contributed by atoms with Crippen molar-refractivity contribution in [1.82, 2.24) is 25.3 Å². The molecule has 0 fully saturated rings. The first-order valence-corrected chi connectivity index (χ1v) is 11.8. The number of aryl methyl sites for hydroxylation is 1. The second-order valence-electron chi connectivity index (χ2n) is 8.19. The summed E-state index contributed by atoms with van der Waals surface area (Å²) in [4.78, 5) is 1.26. The summed E-state index contributed by atoms with van der Waals surface area (Å²) in [7, 11) is 3.91. The monoisotopic (exact) mass is 454 g/mol. The van der Waals surface area contributed by atoms with Crippen molar-refractivity contribution in [1.29, 1.82) is 0 Å². The van der Waals surface area contributed by atoms with Gasteiger partial charge in [0.2, 0.25) is 0 Å². The molecule has 5 rings (SSSR count). The highest BCUT2D eigenvalue weighted by molar-refractivity contribution is 7.10. The van der Waals surface area contributed by atoms with Gasteiger partial charge in [0.15, 0.2) is 5.82 Å². The maximum Gasteiger partial charge on any atom is 0.157 e. The summed E-state index contributed by atoms with van der Waals surface area (Å²) >= 11 is 1.76. The molecule has 0 spiro atoms. The fraction of sp³-hybridized carbons (Fsp3) is 0.192. The molecule has 2 aromatic carbocycles. The number of hydrogen-bond acceptors (Lipinski definition) is 6. The van der Waals surface area contributed by atoms with E-state index in [9.17, 15) is 0 Å². The molecule has 6 nitrogen and oxygen atoms in total. The summed E-state index contributed by atoms with van der Waals surface area (Å²) in [5.74, 6) is 0.788. The summed E-state index contributed by atoms with van der Waals surface area (Å²) < 4.78 is 1.81. The molecule has 1 unspecified atom stereocenters. The summed E-state index contributed by atoms with van der Waals surface area (Å²) in [5, 5.41) is 24.1. The summed E-state index contributed by atoms with van der Waals surface area (Å²) in [6.45, 7) is 3.01. The average molecular weight is 455 g/mol. The molecular weight excluding hydrogens is 428 g/mol. The van der Waals surface area contributed by atoms with Gasteiger partial charge in [-0.1, -0.05) is 36.4 Å². The van der Waals surface area contributed by atoms with Gasteiger partial charge in [0.25, 0.3) is 0 Å². The molecular formula is C26H26N6S. The fourth-order valence-electron chi connectivity index (χ4n) is 4.08. The third-order valence-corrected chi connectivity index (χ3v) is 6.91. The highest BCUT2D eigenvalue weighted by atomic mass is 32.1. The van der Waals surface area contributed by atoms with Gasteiger partial charge in [0.1, 0.15) is 0 Å². The van der Waals surface area contributed by atoms with Crippen LogP contribution in [0.1, 0.15) is 23.4 Å². The minimum absolute atomic E-state index is 0.0992. The molecule has 0 aliphatic carbocycles. The first-order valence-electron chi connectivity index (χ1n) is 10.9. The van der Waals surface area contributed by atoms with Crippen LogP contribution in [0.15, 0.2) is 72.5 Å². The number of nitrogens with zero attached hydrogens (tertiary/aromatic N) is 4. The number of anilines is 1. The Balaban J connectivity index is 1.43.